The molecule has 0 saturated carbocycles. The number of anilines is 1. The Bertz CT molecular complexity index is 1080. The number of unbranched alkanes of at least 4 members (excludes halogenated alkanes) is 1. The second kappa shape index (κ2) is 12.1. The maximum atomic E-state index is 13.7. The zero-order valence-corrected chi connectivity index (χ0v) is 21.3. The van der Waals surface area contributed by atoms with Gasteiger partial charge in [-0.1, -0.05) is 47.5 Å². The number of hydrogen-bond donors (Lipinski definition) is 1. The molecule has 1 atom stereocenters. The summed E-state index contributed by atoms with van der Waals surface area (Å²) in [7, 11) is -3.90. The summed E-state index contributed by atoms with van der Waals surface area (Å²) in [6.45, 7) is 3.62. The van der Waals surface area contributed by atoms with E-state index in [9.17, 15) is 22.4 Å². The van der Waals surface area contributed by atoms with Crippen molar-refractivity contribution in [2.45, 2.75) is 39.3 Å². The molecule has 7 nitrogen and oxygen atoms in total. The number of hydrogen-bond acceptors (Lipinski definition) is 4. The van der Waals surface area contributed by atoms with E-state index < -0.39 is 34.3 Å². The summed E-state index contributed by atoms with van der Waals surface area (Å²) in [6, 6.07) is 11.5. The summed E-state index contributed by atoms with van der Waals surface area (Å²) in [6.07, 6.45) is 2.66. The summed E-state index contributed by atoms with van der Waals surface area (Å²) in [5.41, 5.74) is 0.802. The standard InChI is InChI=1S/C23H29BrFN3O4S/c1-4-5-12-26-23(30)17(2)27(15-18-8-6-9-19(24)13-18)22(29)16-28(33(3,31)32)21-11-7-10-20(25)14-21/h6-11,13-14,17H,4-5,12,15-16H2,1-3H3,(H,26,30)/t17-/m1/s1. The van der Waals surface area contributed by atoms with Gasteiger partial charge in [0.15, 0.2) is 0 Å². The Morgan fingerprint density at radius 3 is 2.45 bits per heavy atom. The average Bonchev–Trinajstić information content (AvgIpc) is 2.74. The lowest BCUT2D eigenvalue weighted by Crippen LogP contribution is -2.51. The quantitative estimate of drug-likeness (QED) is 0.439. The van der Waals surface area contributed by atoms with Crippen LogP contribution in [0.5, 0.6) is 0 Å². The van der Waals surface area contributed by atoms with Crippen molar-refractivity contribution in [3.63, 3.8) is 0 Å². The fourth-order valence-corrected chi connectivity index (χ4v) is 4.48. The van der Waals surface area contributed by atoms with E-state index in [1.54, 1.807) is 6.92 Å². The van der Waals surface area contributed by atoms with Gasteiger partial charge in [-0.2, -0.15) is 0 Å². The molecule has 0 spiro atoms. The summed E-state index contributed by atoms with van der Waals surface area (Å²) in [5.74, 6) is -1.53. The van der Waals surface area contributed by atoms with E-state index in [1.165, 1.54) is 23.1 Å². The number of amides is 2. The molecule has 0 aliphatic heterocycles. The van der Waals surface area contributed by atoms with Gasteiger partial charge in [0.1, 0.15) is 18.4 Å². The smallest absolute Gasteiger partial charge is 0.244 e. The lowest BCUT2D eigenvalue weighted by Gasteiger charge is -2.31. The van der Waals surface area contributed by atoms with Crippen LogP contribution in [0.3, 0.4) is 0 Å². The van der Waals surface area contributed by atoms with Crippen molar-refractivity contribution < 1.29 is 22.4 Å². The highest BCUT2D eigenvalue weighted by atomic mass is 79.9. The first-order chi connectivity index (χ1) is 15.5. The molecule has 0 saturated heterocycles. The fourth-order valence-electron chi connectivity index (χ4n) is 3.20. The van der Waals surface area contributed by atoms with Crippen molar-refractivity contribution in [2.24, 2.45) is 0 Å². The molecule has 2 aromatic carbocycles. The molecule has 180 valence electrons. The Balaban J connectivity index is 2.34. The van der Waals surface area contributed by atoms with Crippen molar-refractivity contribution in [2.75, 3.05) is 23.7 Å². The van der Waals surface area contributed by atoms with Gasteiger partial charge in [-0.15, -0.1) is 0 Å². The minimum absolute atomic E-state index is 0.0355. The van der Waals surface area contributed by atoms with Crippen molar-refractivity contribution in [3.05, 3.63) is 64.4 Å². The van der Waals surface area contributed by atoms with E-state index in [2.05, 4.69) is 21.2 Å². The molecular weight excluding hydrogens is 513 g/mol. The number of benzene rings is 2. The predicted octanol–water partition coefficient (Wildman–Crippen LogP) is 3.69. The highest BCUT2D eigenvalue weighted by molar-refractivity contribution is 9.10. The maximum Gasteiger partial charge on any atom is 0.244 e. The summed E-state index contributed by atoms with van der Waals surface area (Å²) in [5, 5.41) is 2.82. The summed E-state index contributed by atoms with van der Waals surface area (Å²) in [4.78, 5) is 27.4. The monoisotopic (exact) mass is 541 g/mol. The van der Waals surface area contributed by atoms with Gasteiger partial charge < -0.3 is 10.2 Å². The lowest BCUT2D eigenvalue weighted by atomic mass is 10.1. The highest BCUT2D eigenvalue weighted by Gasteiger charge is 2.30. The minimum atomic E-state index is -3.90. The molecule has 33 heavy (non-hydrogen) atoms. The van der Waals surface area contributed by atoms with Crippen LogP contribution < -0.4 is 9.62 Å². The third-order valence-electron chi connectivity index (χ3n) is 5.01. The largest absolute Gasteiger partial charge is 0.354 e. The first kappa shape index (κ1) is 26.8. The number of sulfonamides is 1. The number of carbonyl (C=O) groups is 2. The summed E-state index contributed by atoms with van der Waals surface area (Å²) >= 11 is 3.40. The second-order valence-corrected chi connectivity index (χ2v) is 10.5. The van der Waals surface area contributed by atoms with Gasteiger partial charge in [-0.25, -0.2) is 12.8 Å². The van der Waals surface area contributed by atoms with Gasteiger partial charge in [0.25, 0.3) is 0 Å². The third-order valence-corrected chi connectivity index (χ3v) is 6.65. The first-order valence-electron chi connectivity index (χ1n) is 10.6. The van der Waals surface area contributed by atoms with E-state index in [0.717, 1.165) is 39.5 Å². The number of nitrogens with zero attached hydrogens (tertiary/aromatic N) is 2. The Labute approximate surface area is 203 Å². The Hall–Kier alpha value is -2.46. The van der Waals surface area contributed by atoms with E-state index >= 15 is 0 Å². The van der Waals surface area contributed by atoms with Crippen molar-refractivity contribution in [3.8, 4) is 0 Å². The van der Waals surface area contributed by atoms with Crippen molar-refractivity contribution in [1.29, 1.82) is 0 Å². The van der Waals surface area contributed by atoms with E-state index in [1.807, 2.05) is 31.2 Å². The maximum absolute atomic E-state index is 13.7. The molecule has 10 heteroatoms. The molecule has 1 N–H and O–H groups in total. The molecule has 0 unspecified atom stereocenters. The second-order valence-electron chi connectivity index (χ2n) is 7.72. The van der Waals surface area contributed by atoms with Crippen molar-refractivity contribution >= 4 is 43.5 Å². The van der Waals surface area contributed by atoms with Gasteiger partial charge in [-0.3, -0.25) is 13.9 Å². The van der Waals surface area contributed by atoms with Gasteiger partial charge >= 0.3 is 0 Å². The Kier molecular flexibility index (Phi) is 9.85. The molecule has 2 aromatic rings. The molecule has 0 bridgehead atoms. The van der Waals surface area contributed by atoms with Crippen molar-refractivity contribution in [1.82, 2.24) is 10.2 Å². The van der Waals surface area contributed by atoms with Crippen LogP contribution in [0.2, 0.25) is 0 Å². The van der Waals surface area contributed by atoms with Crippen LogP contribution in [0.15, 0.2) is 53.0 Å². The van der Waals surface area contributed by atoms with Gasteiger partial charge in [0, 0.05) is 17.6 Å². The van der Waals surface area contributed by atoms with Gasteiger partial charge in [0.05, 0.1) is 11.9 Å². The number of halogens is 2. The molecule has 2 rings (SSSR count). The number of carbonyl (C=O) groups excluding carboxylic acids is 2. The first-order valence-corrected chi connectivity index (χ1v) is 13.2. The minimum Gasteiger partial charge on any atom is -0.354 e. The number of nitrogens with one attached hydrogen (secondary N) is 1. The Morgan fingerprint density at radius 2 is 1.85 bits per heavy atom. The lowest BCUT2D eigenvalue weighted by molar-refractivity contribution is -0.139. The predicted molar refractivity (Wildman–Crippen MR) is 131 cm³/mol. The average molecular weight is 542 g/mol. The molecular formula is C23H29BrFN3O4S. The van der Waals surface area contributed by atoms with Crippen LogP contribution in [0, 0.1) is 5.82 Å². The normalized spacial score (nSPS) is 12.2. The van der Waals surface area contributed by atoms with Gasteiger partial charge in [0.2, 0.25) is 21.8 Å². The fraction of sp³-hybridized carbons (Fsp3) is 0.391. The van der Waals surface area contributed by atoms with Crippen LogP contribution in [0.25, 0.3) is 0 Å². The highest BCUT2D eigenvalue weighted by Crippen LogP contribution is 2.20. The van der Waals surface area contributed by atoms with Crippen LogP contribution >= 0.6 is 15.9 Å². The Morgan fingerprint density at radius 1 is 1.15 bits per heavy atom. The molecule has 0 aromatic heterocycles. The van der Waals surface area contributed by atoms with Crippen LogP contribution in [-0.2, 0) is 26.2 Å². The van der Waals surface area contributed by atoms with Crippen LogP contribution in [-0.4, -0.2) is 50.5 Å². The van der Waals surface area contributed by atoms with E-state index in [0.29, 0.717) is 6.54 Å². The molecule has 0 aliphatic carbocycles. The zero-order chi connectivity index (χ0) is 24.6. The topological polar surface area (TPSA) is 86.8 Å². The molecule has 0 heterocycles. The molecule has 0 fully saturated rings. The zero-order valence-electron chi connectivity index (χ0n) is 18.9. The molecule has 2 amide bonds. The third kappa shape index (κ3) is 8.12. The van der Waals surface area contributed by atoms with Crippen LogP contribution in [0.4, 0.5) is 10.1 Å². The van der Waals surface area contributed by atoms with Crippen LogP contribution in [0.1, 0.15) is 32.3 Å². The SMILES string of the molecule is CCCCNC(=O)[C@@H](C)N(Cc1cccc(Br)c1)C(=O)CN(c1cccc(F)c1)S(C)(=O)=O. The summed E-state index contributed by atoms with van der Waals surface area (Å²) < 4.78 is 40.3. The molecule has 0 radical (unpaired) electrons. The van der Waals surface area contributed by atoms with Gasteiger partial charge in [-0.05, 0) is 49.2 Å². The van der Waals surface area contributed by atoms with E-state index in [-0.39, 0.29) is 18.1 Å². The number of rotatable bonds is 11. The molecule has 0 aliphatic rings. The van der Waals surface area contributed by atoms with E-state index in [4.69, 9.17) is 0 Å².